The van der Waals surface area contributed by atoms with Crippen molar-refractivity contribution in [3.8, 4) is 11.5 Å². The molecule has 7 heteroatoms. The first-order valence-electron chi connectivity index (χ1n) is 8.29. The molecule has 2 aromatic rings. The second kappa shape index (κ2) is 9.83. The van der Waals surface area contributed by atoms with Gasteiger partial charge in [-0.3, -0.25) is 9.59 Å². The highest BCUT2D eigenvalue weighted by Crippen LogP contribution is 2.31. The van der Waals surface area contributed by atoms with Gasteiger partial charge in [-0.25, -0.2) is 0 Å². The molecular formula is C20H22ClNO5. The SMILES string of the molecule is COC(=O)CC(NC(=O)Cc1ccc(Cl)cc1)c1ccc(OC)c(OC)c1. The van der Waals surface area contributed by atoms with Gasteiger partial charge in [-0.05, 0) is 35.4 Å². The molecule has 0 radical (unpaired) electrons. The number of carbonyl (C=O) groups is 2. The monoisotopic (exact) mass is 391 g/mol. The van der Waals surface area contributed by atoms with Gasteiger partial charge in [-0.2, -0.15) is 0 Å². The van der Waals surface area contributed by atoms with Crippen LogP contribution in [0.1, 0.15) is 23.6 Å². The van der Waals surface area contributed by atoms with Gasteiger partial charge in [-0.1, -0.05) is 29.8 Å². The number of hydrogen-bond donors (Lipinski definition) is 1. The minimum atomic E-state index is -0.558. The number of carbonyl (C=O) groups excluding carboxylic acids is 2. The second-order valence-electron chi connectivity index (χ2n) is 5.82. The van der Waals surface area contributed by atoms with Crippen molar-refractivity contribution in [3.05, 3.63) is 58.6 Å². The van der Waals surface area contributed by atoms with E-state index in [-0.39, 0.29) is 18.7 Å². The first-order valence-corrected chi connectivity index (χ1v) is 8.67. The zero-order valence-corrected chi connectivity index (χ0v) is 16.2. The van der Waals surface area contributed by atoms with Crippen LogP contribution >= 0.6 is 11.6 Å². The van der Waals surface area contributed by atoms with Crippen molar-refractivity contribution in [3.63, 3.8) is 0 Å². The van der Waals surface area contributed by atoms with Crippen molar-refractivity contribution >= 4 is 23.5 Å². The molecule has 1 N–H and O–H groups in total. The summed E-state index contributed by atoms with van der Waals surface area (Å²) in [5.74, 6) is 0.421. The maximum Gasteiger partial charge on any atom is 0.307 e. The highest BCUT2D eigenvalue weighted by atomic mass is 35.5. The fourth-order valence-corrected chi connectivity index (χ4v) is 2.73. The standard InChI is InChI=1S/C20H22ClNO5/c1-25-17-9-6-14(11-18(17)26-2)16(12-20(24)27-3)22-19(23)10-13-4-7-15(21)8-5-13/h4-9,11,16H,10,12H2,1-3H3,(H,22,23). The molecule has 1 unspecified atom stereocenters. The summed E-state index contributed by atoms with van der Waals surface area (Å²) >= 11 is 5.87. The van der Waals surface area contributed by atoms with E-state index in [9.17, 15) is 9.59 Å². The Bertz CT molecular complexity index is 791. The lowest BCUT2D eigenvalue weighted by atomic mass is 10.0. The summed E-state index contributed by atoms with van der Waals surface area (Å²) in [6, 6.07) is 11.7. The highest BCUT2D eigenvalue weighted by Gasteiger charge is 2.20. The molecule has 0 aliphatic heterocycles. The number of benzene rings is 2. The highest BCUT2D eigenvalue weighted by molar-refractivity contribution is 6.30. The molecule has 0 aliphatic rings. The average Bonchev–Trinajstić information content (AvgIpc) is 2.68. The number of amides is 1. The van der Waals surface area contributed by atoms with Crippen LogP contribution in [-0.2, 0) is 20.7 Å². The summed E-state index contributed by atoms with van der Waals surface area (Å²) in [7, 11) is 4.37. The Labute approximate surface area is 163 Å². The molecule has 1 atom stereocenters. The van der Waals surface area contributed by atoms with E-state index in [0.29, 0.717) is 22.1 Å². The zero-order valence-electron chi connectivity index (χ0n) is 15.5. The Hall–Kier alpha value is -2.73. The summed E-state index contributed by atoms with van der Waals surface area (Å²) in [5, 5.41) is 3.49. The molecule has 0 heterocycles. The molecule has 0 saturated heterocycles. The van der Waals surface area contributed by atoms with Crippen molar-refractivity contribution in [2.45, 2.75) is 18.9 Å². The number of methoxy groups -OCH3 is 3. The normalized spacial score (nSPS) is 11.4. The lowest BCUT2D eigenvalue weighted by Gasteiger charge is -2.20. The fraction of sp³-hybridized carbons (Fsp3) is 0.300. The van der Waals surface area contributed by atoms with E-state index in [1.165, 1.54) is 21.3 Å². The van der Waals surface area contributed by atoms with E-state index in [1.807, 2.05) is 0 Å². The van der Waals surface area contributed by atoms with E-state index < -0.39 is 12.0 Å². The van der Waals surface area contributed by atoms with Crippen molar-refractivity contribution in [1.29, 1.82) is 0 Å². The van der Waals surface area contributed by atoms with Crippen molar-refractivity contribution < 1.29 is 23.8 Å². The third kappa shape index (κ3) is 5.89. The van der Waals surface area contributed by atoms with Crippen LogP contribution in [0.2, 0.25) is 5.02 Å². The largest absolute Gasteiger partial charge is 0.493 e. The quantitative estimate of drug-likeness (QED) is 0.699. The lowest BCUT2D eigenvalue weighted by molar-refractivity contribution is -0.141. The summed E-state index contributed by atoms with van der Waals surface area (Å²) in [6.07, 6.45) is 0.167. The predicted molar refractivity (Wildman–Crippen MR) is 102 cm³/mol. The number of hydrogen-bond acceptors (Lipinski definition) is 5. The first kappa shape index (κ1) is 20.6. The van der Waals surface area contributed by atoms with E-state index in [2.05, 4.69) is 5.32 Å². The molecule has 144 valence electrons. The van der Waals surface area contributed by atoms with Crippen molar-refractivity contribution in [2.75, 3.05) is 21.3 Å². The summed E-state index contributed by atoms with van der Waals surface area (Å²) in [6.45, 7) is 0. The van der Waals surface area contributed by atoms with Gasteiger partial charge in [0.25, 0.3) is 0 Å². The Kier molecular flexibility index (Phi) is 7.49. The maximum atomic E-state index is 12.5. The number of nitrogens with one attached hydrogen (secondary N) is 1. The van der Waals surface area contributed by atoms with E-state index in [1.54, 1.807) is 42.5 Å². The van der Waals surface area contributed by atoms with E-state index in [4.69, 9.17) is 25.8 Å². The van der Waals surface area contributed by atoms with Crippen LogP contribution in [0.5, 0.6) is 11.5 Å². The third-order valence-corrected chi connectivity index (χ3v) is 4.27. The smallest absolute Gasteiger partial charge is 0.307 e. The minimum Gasteiger partial charge on any atom is -0.493 e. The molecule has 2 aromatic carbocycles. The molecule has 0 aliphatic carbocycles. The van der Waals surface area contributed by atoms with Gasteiger partial charge in [0.05, 0.1) is 40.2 Å². The van der Waals surface area contributed by atoms with Crippen LogP contribution in [-0.4, -0.2) is 33.2 Å². The molecule has 27 heavy (non-hydrogen) atoms. The molecule has 0 bridgehead atoms. The molecular weight excluding hydrogens is 370 g/mol. The molecule has 0 fully saturated rings. The lowest BCUT2D eigenvalue weighted by Crippen LogP contribution is -2.31. The summed E-state index contributed by atoms with van der Waals surface area (Å²) in [5.41, 5.74) is 1.53. The van der Waals surface area contributed by atoms with Crippen LogP contribution in [0, 0.1) is 0 Å². The van der Waals surface area contributed by atoms with Crippen LogP contribution < -0.4 is 14.8 Å². The number of rotatable bonds is 8. The van der Waals surface area contributed by atoms with Crippen LogP contribution in [0.25, 0.3) is 0 Å². The zero-order chi connectivity index (χ0) is 19.8. The van der Waals surface area contributed by atoms with E-state index in [0.717, 1.165) is 5.56 Å². The third-order valence-electron chi connectivity index (χ3n) is 4.02. The Morgan fingerprint density at radius 3 is 2.26 bits per heavy atom. The van der Waals surface area contributed by atoms with Crippen molar-refractivity contribution in [2.24, 2.45) is 0 Å². The number of ether oxygens (including phenoxy) is 3. The minimum absolute atomic E-state index is 0.00165. The van der Waals surface area contributed by atoms with Crippen LogP contribution in [0.15, 0.2) is 42.5 Å². The second-order valence-corrected chi connectivity index (χ2v) is 6.25. The maximum absolute atomic E-state index is 12.5. The van der Waals surface area contributed by atoms with E-state index >= 15 is 0 Å². The molecule has 1 amide bonds. The van der Waals surface area contributed by atoms with Gasteiger partial charge in [0.2, 0.25) is 5.91 Å². The Morgan fingerprint density at radius 2 is 1.67 bits per heavy atom. The number of esters is 1. The molecule has 6 nitrogen and oxygen atoms in total. The molecule has 0 spiro atoms. The van der Waals surface area contributed by atoms with Gasteiger partial charge >= 0.3 is 5.97 Å². The van der Waals surface area contributed by atoms with Crippen LogP contribution in [0.3, 0.4) is 0 Å². The van der Waals surface area contributed by atoms with Gasteiger partial charge in [-0.15, -0.1) is 0 Å². The Balaban J connectivity index is 2.19. The van der Waals surface area contributed by atoms with Crippen molar-refractivity contribution in [1.82, 2.24) is 5.32 Å². The first-order chi connectivity index (χ1) is 13.0. The summed E-state index contributed by atoms with van der Waals surface area (Å²) < 4.78 is 15.3. The topological polar surface area (TPSA) is 73.9 Å². The van der Waals surface area contributed by atoms with Gasteiger partial charge in [0, 0.05) is 5.02 Å². The average molecular weight is 392 g/mol. The number of halogens is 1. The van der Waals surface area contributed by atoms with Gasteiger partial charge in [0.15, 0.2) is 11.5 Å². The Morgan fingerprint density at radius 1 is 1.00 bits per heavy atom. The van der Waals surface area contributed by atoms with Crippen LogP contribution in [0.4, 0.5) is 0 Å². The fourth-order valence-electron chi connectivity index (χ4n) is 2.60. The molecule has 0 saturated carbocycles. The van der Waals surface area contributed by atoms with Gasteiger partial charge in [0.1, 0.15) is 0 Å². The molecule has 2 rings (SSSR count). The van der Waals surface area contributed by atoms with Gasteiger partial charge < -0.3 is 19.5 Å². The summed E-state index contributed by atoms with van der Waals surface area (Å²) in [4.78, 5) is 24.3. The molecule has 0 aromatic heterocycles. The predicted octanol–water partition coefficient (Wildman–Crippen LogP) is 3.32.